The second-order valence-electron chi connectivity index (χ2n) is 4.33. The molecule has 2 heterocycles. The van der Waals surface area contributed by atoms with Gasteiger partial charge in [0.25, 0.3) is 5.56 Å². The van der Waals surface area contributed by atoms with Gasteiger partial charge in [-0.15, -0.1) is 0 Å². The Morgan fingerprint density at radius 3 is 3.18 bits per heavy atom. The molecule has 1 aliphatic heterocycles. The van der Waals surface area contributed by atoms with Crippen molar-refractivity contribution < 1.29 is 0 Å². The van der Waals surface area contributed by atoms with Crippen molar-refractivity contribution in [2.75, 3.05) is 18.4 Å². The van der Waals surface area contributed by atoms with Crippen LogP contribution in [-0.4, -0.2) is 28.9 Å². The molecule has 0 saturated carbocycles. The largest absolute Gasteiger partial charge is 0.381 e. The van der Waals surface area contributed by atoms with Gasteiger partial charge in [0.05, 0.1) is 11.9 Å². The van der Waals surface area contributed by atoms with Crippen LogP contribution in [0.5, 0.6) is 0 Å². The first-order valence-corrected chi connectivity index (χ1v) is 6.67. The van der Waals surface area contributed by atoms with Gasteiger partial charge in [-0.2, -0.15) is 5.10 Å². The summed E-state index contributed by atoms with van der Waals surface area (Å²) in [5, 5.41) is 10.7. The molecule has 1 aliphatic rings. The van der Waals surface area contributed by atoms with Crippen LogP contribution in [0.1, 0.15) is 19.3 Å². The molecule has 2 N–H and O–H groups in total. The maximum atomic E-state index is 11.6. The first kappa shape index (κ1) is 12.6. The van der Waals surface area contributed by atoms with Crippen LogP contribution < -0.4 is 16.2 Å². The van der Waals surface area contributed by atoms with Crippen LogP contribution in [0.25, 0.3) is 0 Å². The molecule has 0 bridgehead atoms. The lowest BCUT2D eigenvalue weighted by atomic mass is 10.1. The fourth-order valence-corrected chi connectivity index (χ4v) is 2.46. The van der Waals surface area contributed by atoms with E-state index in [9.17, 15) is 4.79 Å². The van der Waals surface area contributed by atoms with Gasteiger partial charge in [-0.05, 0) is 35.3 Å². The zero-order valence-electron chi connectivity index (χ0n) is 9.87. The first-order chi connectivity index (χ1) is 8.18. The summed E-state index contributed by atoms with van der Waals surface area (Å²) in [6.07, 6.45) is 5.39. The number of aromatic nitrogens is 2. The van der Waals surface area contributed by atoms with Crippen LogP contribution in [0.4, 0.5) is 5.69 Å². The van der Waals surface area contributed by atoms with E-state index in [1.807, 2.05) is 0 Å². The van der Waals surface area contributed by atoms with E-state index in [1.54, 1.807) is 13.2 Å². The van der Waals surface area contributed by atoms with Crippen molar-refractivity contribution in [3.8, 4) is 0 Å². The van der Waals surface area contributed by atoms with Crippen LogP contribution in [-0.2, 0) is 7.05 Å². The normalized spacial score (nSPS) is 20.2. The van der Waals surface area contributed by atoms with E-state index in [-0.39, 0.29) is 5.56 Å². The highest BCUT2D eigenvalue weighted by atomic mass is 79.9. The predicted octanol–water partition coefficient (Wildman–Crippen LogP) is 1.10. The monoisotopic (exact) mass is 300 g/mol. The summed E-state index contributed by atoms with van der Waals surface area (Å²) in [4.78, 5) is 11.6. The average molecular weight is 301 g/mol. The van der Waals surface area contributed by atoms with Crippen molar-refractivity contribution in [1.82, 2.24) is 15.1 Å². The van der Waals surface area contributed by atoms with Crippen molar-refractivity contribution >= 4 is 21.6 Å². The summed E-state index contributed by atoms with van der Waals surface area (Å²) in [5.74, 6) is 0. The molecule has 6 heteroatoms. The van der Waals surface area contributed by atoms with Gasteiger partial charge in [0.15, 0.2) is 0 Å². The zero-order chi connectivity index (χ0) is 12.3. The lowest BCUT2D eigenvalue weighted by molar-refractivity contribution is 0.414. The second-order valence-corrected chi connectivity index (χ2v) is 5.12. The van der Waals surface area contributed by atoms with Crippen LogP contribution >= 0.6 is 15.9 Å². The van der Waals surface area contributed by atoms with Gasteiger partial charge in [-0.1, -0.05) is 6.42 Å². The first-order valence-electron chi connectivity index (χ1n) is 5.87. The highest BCUT2D eigenvalue weighted by Gasteiger charge is 2.13. The van der Waals surface area contributed by atoms with Crippen LogP contribution in [0.15, 0.2) is 15.5 Å². The minimum absolute atomic E-state index is 0.119. The Bertz CT molecular complexity index is 440. The molecule has 1 aromatic rings. The van der Waals surface area contributed by atoms with Crippen molar-refractivity contribution in [1.29, 1.82) is 0 Å². The summed E-state index contributed by atoms with van der Waals surface area (Å²) in [7, 11) is 1.64. The Labute approximate surface area is 109 Å². The molecule has 17 heavy (non-hydrogen) atoms. The third-order valence-corrected chi connectivity index (χ3v) is 3.80. The molecule has 0 amide bonds. The Morgan fingerprint density at radius 1 is 1.65 bits per heavy atom. The molecule has 1 aromatic heterocycles. The van der Waals surface area contributed by atoms with Gasteiger partial charge in [0, 0.05) is 19.6 Å². The number of hydrogen-bond acceptors (Lipinski definition) is 4. The van der Waals surface area contributed by atoms with Gasteiger partial charge in [0.2, 0.25) is 0 Å². The van der Waals surface area contributed by atoms with E-state index >= 15 is 0 Å². The highest BCUT2D eigenvalue weighted by Crippen LogP contribution is 2.16. The van der Waals surface area contributed by atoms with E-state index in [1.165, 1.54) is 23.9 Å². The van der Waals surface area contributed by atoms with Crippen LogP contribution in [0, 0.1) is 0 Å². The Hall–Kier alpha value is -0.880. The summed E-state index contributed by atoms with van der Waals surface area (Å²) < 4.78 is 1.86. The van der Waals surface area contributed by atoms with E-state index in [4.69, 9.17) is 0 Å². The summed E-state index contributed by atoms with van der Waals surface area (Å²) in [6, 6.07) is 0.486. The second kappa shape index (κ2) is 5.64. The molecule has 0 unspecified atom stereocenters. The third kappa shape index (κ3) is 3.07. The average Bonchev–Trinajstić information content (AvgIpc) is 2.36. The molecule has 1 saturated heterocycles. The molecule has 5 nitrogen and oxygen atoms in total. The smallest absolute Gasteiger partial charge is 0.282 e. The molecule has 0 radical (unpaired) electrons. The van der Waals surface area contributed by atoms with Crippen molar-refractivity contribution in [3.63, 3.8) is 0 Å². The lowest BCUT2D eigenvalue weighted by Gasteiger charge is -2.24. The minimum atomic E-state index is -0.119. The van der Waals surface area contributed by atoms with E-state index in [2.05, 4.69) is 31.7 Å². The number of piperidine rings is 1. The molecule has 0 aliphatic carbocycles. The fourth-order valence-electron chi connectivity index (χ4n) is 1.97. The van der Waals surface area contributed by atoms with Crippen molar-refractivity contribution in [2.24, 2.45) is 7.05 Å². The molecule has 2 rings (SSSR count). The molecule has 1 atom stereocenters. The Morgan fingerprint density at radius 2 is 2.47 bits per heavy atom. The topological polar surface area (TPSA) is 59.0 Å². The molecule has 94 valence electrons. The Balaban J connectivity index is 1.99. The summed E-state index contributed by atoms with van der Waals surface area (Å²) >= 11 is 3.30. The standard InChI is InChI=1S/C11H17BrN4O/c1-16-11(17)10(12)9(7-15-16)14-6-8-4-2-3-5-13-8/h7-8,13-14H,2-6H2,1H3/t8-/m0/s1. The van der Waals surface area contributed by atoms with Gasteiger partial charge < -0.3 is 10.6 Å². The van der Waals surface area contributed by atoms with E-state index in [0.29, 0.717) is 10.5 Å². The Kier molecular flexibility index (Phi) is 4.17. The lowest BCUT2D eigenvalue weighted by Crippen LogP contribution is -2.39. The van der Waals surface area contributed by atoms with Crippen LogP contribution in [0.3, 0.4) is 0 Å². The third-order valence-electron chi connectivity index (χ3n) is 3.03. The van der Waals surface area contributed by atoms with Crippen LogP contribution in [0.2, 0.25) is 0 Å². The number of nitrogens with one attached hydrogen (secondary N) is 2. The number of aryl methyl sites for hydroxylation is 1. The quantitative estimate of drug-likeness (QED) is 0.878. The minimum Gasteiger partial charge on any atom is -0.381 e. The number of nitrogens with zero attached hydrogens (tertiary/aromatic N) is 2. The molecular formula is C11H17BrN4O. The number of hydrogen-bond donors (Lipinski definition) is 2. The maximum Gasteiger partial charge on any atom is 0.282 e. The molecular weight excluding hydrogens is 284 g/mol. The predicted molar refractivity (Wildman–Crippen MR) is 71.3 cm³/mol. The fraction of sp³-hybridized carbons (Fsp3) is 0.636. The molecule has 1 fully saturated rings. The van der Waals surface area contributed by atoms with Crippen molar-refractivity contribution in [2.45, 2.75) is 25.3 Å². The summed E-state index contributed by atoms with van der Waals surface area (Å²) in [5.41, 5.74) is 0.645. The van der Waals surface area contributed by atoms with E-state index < -0.39 is 0 Å². The van der Waals surface area contributed by atoms with Gasteiger partial charge in [-0.25, -0.2) is 4.68 Å². The zero-order valence-corrected chi connectivity index (χ0v) is 11.5. The highest BCUT2D eigenvalue weighted by molar-refractivity contribution is 9.10. The number of halogens is 1. The maximum absolute atomic E-state index is 11.6. The van der Waals surface area contributed by atoms with E-state index in [0.717, 1.165) is 18.8 Å². The number of anilines is 1. The van der Waals surface area contributed by atoms with Gasteiger partial charge in [0.1, 0.15) is 4.47 Å². The molecule has 0 aromatic carbocycles. The summed E-state index contributed by atoms with van der Waals surface area (Å²) in [6.45, 7) is 1.91. The van der Waals surface area contributed by atoms with Crippen molar-refractivity contribution in [3.05, 3.63) is 21.0 Å². The SMILES string of the molecule is Cn1ncc(NC[C@@H]2CCCCN2)c(Br)c1=O. The van der Waals surface area contributed by atoms with Gasteiger partial charge in [-0.3, -0.25) is 4.79 Å². The van der Waals surface area contributed by atoms with Gasteiger partial charge >= 0.3 is 0 Å². The molecule has 0 spiro atoms. The number of rotatable bonds is 3.